The molecule has 23 heavy (non-hydrogen) atoms. The van der Waals surface area contributed by atoms with E-state index in [1.807, 2.05) is 16.9 Å². The number of aryl methyl sites for hydroxylation is 1. The molecular weight excluding hydrogens is 312 g/mol. The van der Waals surface area contributed by atoms with Crippen molar-refractivity contribution in [2.75, 3.05) is 6.61 Å². The smallest absolute Gasteiger partial charge is 0.315 e. The Morgan fingerprint density at radius 3 is 3.13 bits per heavy atom. The van der Waals surface area contributed by atoms with Gasteiger partial charge in [-0.05, 0) is 38.3 Å². The lowest BCUT2D eigenvalue weighted by Crippen LogP contribution is -2.38. The molecule has 2 aromatic heterocycles. The zero-order chi connectivity index (χ0) is 16.2. The van der Waals surface area contributed by atoms with Crippen LogP contribution in [-0.4, -0.2) is 27.5 Å². The van der Waals surface area contributed by atoms with Gasteiger partial charge in [-0.25, -0.2) is 4.79 Å². The third-order valence-corrected chi connectivity index (χ3v) is 5.10. The van der Waals surface area contributed by atoms with Gasteiger partial charge in [0, 0.05) is 21.0 Å². The van der Waals surface area contributed by atoms with Gasteiger partial charge in [0.2, 0.25) is 0 Å². The summed E-state index contributed by atoms with van der Waals surface area (Å²) in [4.78, 5) is 14.5. The number of nitrogens with zero attached hydrogens (tertiary/aromatic N) is 2. The summed E-state index contributed by atoms with van der Waals surface area (Å²) in [5.74, 6) is 0. The van der Waals surface area contributed by atoms with Gasteiger partial charge >= 0.3 is 6.03 Å². The number of urea groups is 1. The molecule has 0 fully saturated rings. The van der Waals surface area contributed by atoms with E-state index in [-0.39, 0.29) is 18.7 Å². The van der Waals surface area contributed by atoms with Gasteiger partial charge in [-0.3, -0.25) is 4.68 Å². The van der Waals surface area contributed by atoms with E-state index in [1.54, 1.807) is 11.3 Å². The van der Waals surface area contributed by atoms with Crippen LogP contribution in [0.1, 0.15) is 39.9 Å². The first kappa shape index (κ1) is 16.0. The average molecular weight is 334 g/mol. The van der Waals surface area contributed by atoms with E-state index in [0.717, 1.165) is 35.4 Å². The number of fused-ring (bicyclic) bond motifs is 1. The molecule has 0 aliphatic heterocycles. The van der Waals surface area contributed by atoms with E-state index >= 15 is 0 Å². The monoisotopic (exact) mass is 334 g/mol. The van der Waals surface area contributed by atoms with Crippen molar-refractivity contribution in [2.24, 2.45) is 0 Å². The van der Waals surface area contributed by atoms with Crippen molar-refractivity contribution in [3.8, 4) is 0 Å². The van der Waals surface area contributed by atoms with Crippen molar-refractivity contribution < 1.29 is 9.90 Å². The number of amides is 2. The molecule has 0 bridgehead atoms. The SMILES string of the molecule is Cc1ccc(CNC(=O)N[C@@H]2CCCc3c2cnn3CCO)s1. The van der Waals surface area contributed by atoms with E-state index in [0.29, 0.717) is 13.1 Å². The number of hydrogen-bond acceptors (Lipinski definition) is 4. The second-order valence-electron chi connectivity index (χ2n) is 5.78. The highest BCUT2D eigenvalue weighted by Crippen LogP contribution is 2.29. The Bertz CT molecular complexity index is 679. The molecule has 1 aliphatic carbocycles. The summed E-state index contributed by atoms with van der Waals surface area (Å²) < 4.78 is 1.84. The lowest BCUT2D eigenvalue weighted by atomic mass is 9.93. The van der Waals surface area contributed by atoms with Crippen LogP contribution in [0.15, 0.2) is 18.3 Å². The van der Waals surface area contributed by atoms with Gasteiger partial charge in [-0.1, -0.05) is 0 Å². The lowest BCUT2D eigenvalue weighted by molar-refractivity contribution is 0.235. The fraction of sp³-hybridized carbons (Fsp3) is 0.500. The Morgan fingerprint density at radius 2 is 2.39 bits per heavy atom. The van der Waals surface area contributed by atoms with Gasteiger partial charge in [0.25, 0.3) is 0 Å². The molecule has 3 N–H and O–H groups in total. The van der Waals surface area contributed by atoms with Crippen molar-refractivity contribution in [2.45, 2.75) is 45.3 Å². The van der Waals surface area contributed by atoms with E-state index in [4.69, 9.17) is 5.11 Å². The minimum atomic E-state index is -0.149. The number of aliphatic hydroxyl groups excluding tert-OH is 1. The topological polar surface area (TPSA) is 79.2 Å². The maximum Gasteiger partial charge on any atom is 0.315 e. The molecule has 6 nitrogen and oxygen atoms in total. The molecule has 0 spiro atoms. The van der Waals surface area contributed by atoms with Crippen molar-refractivity contribution >= 4 is 17.4 Å². The Balaban J connectivity index is 1.59. The lowest BCUT2D eigenvalue weighted by Gasteiger charge is -2.24. The molecule has 0 radical (unpaired) electrons. The minimum absolute atomic E-state index is 0.00346. The van der Waals surface area contributed by atoms with Crippen LogP contribution in [0.4, 0.5) is 4.79 Å². The maximum atomic E-state index is 12.1. The second-order valence-corrected chi connectivity index (χ2v) is 7.15. The first-order valence-corrected chi connectivity index (χ1v) is 8.74. The summed E-state index contributed by atoms with van der Waals surface area (Å²) in [6, 6.07) is 3.94. The van der Waals surface area contributed by atoms with Gasteiger partial charge in [0.1, 0.15) is 0 Å². The summed E-state index contributed by atoms with van der Waals surface area (Å²) >= 11 is 1.69. The third kappa shape index (κ3) is 3.73. The molecule has 0 unspecified atom stereocenters. The van der Waals surface area contributed by atoms with Gasteiger partial charge < -0.3 is 15.7 Å². The van der Waals surface area contributed by atoms with Crippen molar-refractivity contribution in [1.82, 2.24) is 20.4 Å². The number of carbonyl (C=O) groups is 1. The van der Waals surface area contributed by atoms with Crippen LogP contribution in [0, 0.1) is 6.92 Å². The molecular formula is C16H22N4O2S. The fourth-order valence-electron chi connectivity index (χ4n) is 3.01. The Labute approximate surface area is 139 Å². The molecule has 0 saturated heterocycles. The Kier molecular flexibility index (Phi) is 4.97. The molecule has 1 atom stereocenters. The van der Waals surface area contributed by atoms with Crippen molar-refractivity contribution in [1.29, 1.82) is 0 Å². The normalized spacial score (nSPS) is 16.9. The number of rotatable bonds is 5. The largest absolute Gasteiger partial charge is 0.394 e. The fourth-order valence-corrected chi connectivity index (χ4v) is 3.84. The summed E-state index contributed by atoms with van der Waals surface area (Å²) in [6.45, 7) is 3.19. The molecule has 124 valence electrons. The van der Waals surface area contributed by atoms with E-state index < -0.39 is 0 Å². The van der Waals surface area contributed by atoms with Crippen LogP contribution < -0.4 is 10.6 Å². The molecule has 7 heteroatoms. The number of hydrogen-bond donors (Lipinski definition) is 3. The standard InChI is InChI=1S/C16H22N4O2S/c1-11-5-6-12(23-11)9-17-16(22)19-14-3-2-4-15-13(14)10-18-20(15)7-8-21/h5-6,10,14,21H,2-4,7-9H2,1H3,(H2,17,19,22)/t14-/m1/s1. The predicted molar refractivity (Wildman–Crippen MR) is 89.4 cm³/mol. The number of thiophene rings is 1. The van der Waals surface area contributed by atoms with Gasteiger partial charge in [0.05, 0.1) is 31.9 Å². The molecule has 0 saturated carbocycles. The summed E-state index contributed by atoms with van der Waals surface area (Å²) in [5.41, 5.74) is 2.20. The average Bonchev–Trinajstić information content (AvgIpc) is 3.13. The summed E-state index contributed by atoms with van der Waals surface area (Å²) in [7, 11) is 0. The first-order valence-electron chi connectivity index (χ1n) is 7.92. The van der Waals surface area contributed by atoms with Crippen LogP contribution in [0.3, 0.4) is 0 Å². The molecule has 2 aromatic rings. The molecule has 2 heterocycles. The number of nitrogens with one attached hydrogen (secondary N) is 2. The van der Waals surface area contributed by atoms with Gasteiger partial charge in [0.15, 0.2) is 0 Å². The molecule has 0 aromatic carbocycles. The molecule has 3 rings (SSSR count). The number of aliphatic hydroxyl groups is 1. The van der Waals surface area contributed by atoms with Crippen LogP contribution in [0.2, 0.25) is 0 Å². The third-order valence-electron chi connectivity index (χ3n) is 4.10. The first-order chi connectivity index (χ1) is 11.2. The van der Waals surface area contributed by atoms with Crippen LogP contribution in [-0.2, 0) is 19.5 Å². The maximum absolute atomic E-state index is 12.1. The Morgan fingerprint density at radius 1 is 1.52 bits per heavy atom. The van der Waals surface area contributed by atoms with E-state index in [9.17, 15) is 4.79 Å². The van der Waals surface area contributed by atoms with Crippen LogP contribution >= 0.6 is 11.3 Å². The van der Waals surface area contributed by atoms with Crippen LogP contribution in [0.25, 0.3) is 0 Å². The van der Waals surface area contributed by atoms with Crippen molar-refractivity contribution in [3.05, 3.63) is 39.3 Å². The molecule has 2 amide bonds. The highest BCUT2D eigenvalue weighted by molar-refractivity contribution is 7.11. The van der Waals surface area contributed by atoms with Crippen molar-refractivity contribution in [3.63, 3.8) is 0 Å². The van der Waals surface area contributed by atoms with E-state index in [2.05, 4.69) is 28.7 Å². The zero-order valence-corrected chi connectivity index (χ0v) is 14.0. The summed E-state index contributed by atoms with van der Waals surface area (Å²) in [6.07, 6.45) is 4.70. The summed E-state index contributed by atoms with van der Waals surface area (Å²) in [5, 5.41) is 19.4. The van der Waals surface area contributed by atoms with Gasteiger partial charge in [-0.15, -0.1) is 11.3 Å². The highest BCUT2D eigenvalue weighted by Gasteiger charge is 2.25. The Hall–Kier alpha value is -1.86. The predicted octanol–water partition coefficient (Wildman–Crippen LogP) is 2.12. The number of aromatic nitrogens is 2. The highest BCUT2D eigenvalue weighted by atomic mass is 32.1. The number of carbonyl (C=O) groups excluding carboxylic acids is 1. The quantitative estimate of drug-likeness (QED) is 0.784. The zero-order valence-electron chi connectivity index (χ0n) is 13.2. The molecule has 1 aliphatic rings. The minimum Gasteiger partial charge on any atom is -0.394 e. The van der Waals surface area contributed by atoms with E-state index in [1.165, 1.54) is 4.88 Å². The van der Waals surface area contributed by atoms with Gasteiger partial charge in [-0.2, -0.15) is 5.10 Å². The van der Waals surface area contributed by atoms with Crippen LogP contribution in [0.5, 0.6) is 0 Å². The second kappa shape index (κ2) is 7.14.